The molecule has 4 heterocycles. The highest BCUT2D eigenvalue weighted by Crippen LogP contribution is 2.47. The molecule has 2 aliphatic heterocycles. The third-order valence-corrected chi connectivity index (χ3v) is 14.1. The predicted octanol–water partition coefficient (Wildman–Crippen LogP) is 6.63. The van der Waals surface area contributed by atoms with Gasteiger partial charge in [-0.2, -0.15) is 10.4 Å². The average molecular weight is 689 g/mol. The molecule has 1 fully saturated rings. The number of anilines is 3. The van der Waals surface area contributed by atoms with E-state index in [1.165, 1.54) is 0 Å². The predicted molar refractivity (Wildman–Crippen MR) is 194 cm³/mol. The molecule has 0 bridgehead atoms. The fourth-order valence-corrected chi connectivity index (χ4v) is 7.05. The fraction of sp³-hybridized carbons (Fsp3) is 0.583. The number of benzene rings is 1. The standard InChI is InChI=1S/C36H52N8O4Si/c1-24-16-30(44(41-24)21-27-20-42(9)14-15-46-27)40-32-38-13-12-29(39-32)25-17-26(19-37)31-28(18-25)36(8,23-47-49(10,11)35(5,6)7)22-43(31)33(45)48-34(2,3)4/h12-13,16-18,27H,14-15,20-23H2,1-11H3,(H,38,39,40)/t27-,36-/m1/s1. The maximum absolute atomic E-state index is 13.6. The van der Waals surface area contributed by atoms with Gasteiger partial charge in [0.15, 0.2) is 8.32 Å². The second-order valence-corrected chi connectivity index (χ2v) is 21.0. The molecule has 1 aromatic carbocycles. The van der Waals surface area contributed by atoms with Crippen molar-refractivity contribution in [3.8, 4) is 17.3 Å². The molecule has 1 amide bonds. The normalized spacial score (nSPS) is 20.2. The van der Waals surface area contributed by atoms with Crippen LogP contribution in [0.4, 0.5) is 22.2 Å². The minimum Gasteiger partial charge on any atom is -0.443 e. The molecule has 2 aliphatic rings. The SMILES string of the molecule is Cc1cc(Nc2nccc(-c3cc(C#N)c4c(c3)[C@@](C)(CO[Si](C)(C)C(C)(C)C)CN4C(=O)OC(C)(C)C)n2)n(C[C@H]2CN(C)CCO2)n1. The molecule has 2 aromatic heterocycles. The van der Waals surface area contributed by atoms with Crippen LogP contribution in [0.15, 0.2) is 30.5 Å². The summed E-state index contributed by atoms with van der Waals surface area (Å²) in [5.41, 5.74) is 2.74. The third kappa shape index (κ3) is 8.15. The number of ether oxygens (including phenoxy) is 2. The monoisotopic (exact) mass is 688 g/mol. The van der Waals surface area contributed by atoms with Crippen LogP contribution in [0.2, 0.25) is 18.1 Å². The Labute approximate surface area is 291 Å². The van der Waals surface area contributed by atoms with Gasteiger partial charge in [0.2, 0.25) is 5.95 Å². The molecule has 12 nitrogen and oxygen atoms in total. The number of nitrogens with one attached hydrogen (secondary N) is 1. The highest BCUT2D eigenvalue weighted by atomic mass is 28.4. The van der Waals surface area contributed by atoms with E-state index in [4.69, 9.17) is 24.0 Å². The number of morpholine rings is 1. The molecule has 1 saturated heterocycles. The molecule has 0 unspecified atom stereocenters. The zero-order valence-corrected chi connectivity index (χ0v) is 32.0. The Morgan fingerprint density at radius 1 is 1.20 bits per heavy atom. The van der Waals surface area contributed by atoms with Crippen molar-refractivity contribution in [1.29, 1.82) is 5.26 Å². The number of likely N-dealkylation sites (N-methyl/N-ethyl adjacent to an activating group) is 1. The molecule has 1 N–H and O–H groups in total. The van der Waals surface area contributed by atoms with Crippen molar-refractivity contribution in [3.63, 3.8) is 0 Å². The minimum absolute atomic E-state index is 0.00731. The largest absolute Gasteiger partial charge is 0.443 e. The molecule has 13 heteroatoms. The van der Waals surface area contributed by atoms with Gasteiger partial charge in [0.1, 0.15) is 17.5 Å². The molecule has 0 radical (unpaired) electrons. The maximum atomic E-state index is 13.6. The van der Waals surface area contributed by atoms with Crippen LogP contribution >= 0.6 is 0 Å². The topological polar surface area (TPSA) is 131 Å². The first-order chi connectivity index (χ1) is 22.8. The van der Waals surface area contributed by atoms with Crippen molar-refractivity contribution >= 4 is 31.9 Å². The van der Waals surface area contributed by atoms with Crippen molar-refractivity contribution in [1.82, 2.24) is 24.6 Å². The van der Waals surface area contributed by atoms with Crippen molar-refractivity contribution in [2.24, 2.45) is 0 Å². The number of hydrogen-bond donors (Lipinski definition) is 1. The van der Waals surface area contributed by atoms with Gasteiger partial charge in [0.25, 0.3) is 0 Å². The lowest BCUT2D eigenvalue weighted by molar-refractivity contribution is -0.0287. The molecule has 5 rings (SSSR count). The first-order valence-electron chi connectivity index (χ1n) is 17.0. The number of aryl methyl sites for hydroxylation is 1. The van der Waals surface area contributed by atoms with E-state index in [2.05, 4.69) is 69.1 Å². The quantitative estimate of drug-likeness (QED) is 0.257. The van der Waals surface area contributed by atoms with E-state index in [0.29, 0.717) is 49.2 Å². The lowest BCUT2D eigenvalue weighted by atomic mass is 9.83. The summed E-state index contributed by atoms with van der Waals surface area (Å²) >= 11 is 0. The van der Waals surface area contributed by atoms with Crippen molar-refractivity contribution in [2.75, 3.05) is 50.1 Å². The summed E-state index contributed by atoms with van der Waals surface area (Å²) in [6, 6.07) is 9.97. The zero-order chi connectivity index (χ0) is 35.9. The van der Waals surface area contributed by atoms with Gasteiger partial charge in [-0.1, -0.05) is 27.7 Å². The number of amides is 1. The highest BCUT2D eigenvalue weighted by molar-refractivity contribution is 6.74. The summed E-state index contributed by atoms with van der Waals surface area (Å²) in [4.78, 5) is 26.8. The second-order valence-electron chi connectivity index (χ2n) is 16.2. The Morgan fingerprint density at radius 3 is 2.59 bits per heavy atom. The number of nitrogens with zero attached hydrogens (tertiary/aromatic N) is 7. The van der Waals surface area contributed by atoms with Gasteiger partial charge in [-0.25, -0.2) is 19.4 Å². The molecule has 49 heavy (non-hydrogen) atoms. The summed E-state index contributed by atoms with van der Waals surface area (Å²) in [5, 5.41) is 18.5. The molecule has 0 spiro atoms. The van der Waals surface area contributed by atoms with E-state index in [1.54, 1.807) is 17.2 Å². The number of fused-ring (bicyclic) bond motifs is 1. The molecule has 264 valence electrons. The van der Waals surface area contributed by atoms with Gasteiger partial charge in [-0.15, -0.1) is 0 Å². The van der Waals surface area contributed by atoms with Gasteiger partial charge in [-0.05, 0) is 76.6 Å². The summed E-state index contributed by atoms with van der Waals surface area (Å²) < 4.78 is 20.5. The number of rotatable bonds is 8. The van der Waals surface area contributed by atoms with Gasteiger partial charge < -0.3 is 24.1 Å². The molecule has 3 aromatic rings. The van der Waals surface area contributed by atoms with Crippen LogP contribution in [-0.4, -0.2) is 90.7 Å². The van der Waals surface area contributed by atoms with Crippen LogP contribution in [-0.2, 0) is 25.9 Å². The Hall–Kier alpha value is -3.83. The molecule has 2 atom stereocenters. The van der Waals surface area contributed by atoms with E-state index >= 15 is 0 Å². The van der Waals surface area contributed by atoms with Crippen molar-refractivity contribution < 1.29 is 18.7 Å². The Balaban J connectivity index is 1.50. The molecule has 0 saturated carbocycles. The van der Waals surface area contributed by atoms with Gasteiger partial charge in [0.05, 0.1) is 41.9 Å². The molecule has 0 aliphatic carbocycles. The first-order valence-corrected chi connectivity index (χ1v) is 19.9. The maximum Gasteiger partial charge on any atom is 0.414 e. The summed E-state index contributed by atoms with van der Waals surface area (Å²) in [5.74, 6) is 1.17. The summed E-state index contributed by atoms with van der Waals surface area (Å²) in [6.07, 6.45) is 1.24. The number of carbonyl (C=O) groups is 1. The van der Waals surface area contributed by atoms with Gasteiger partial charge in [-0.3, -0.25) is 4.90 Å². The van der Waals surface area contributed by atoms with E-state index in [9.17, 15) is 10.1 Å². The molecular weight excluding hydrogens is 637 g/mol. The van der Waals surface area contributed by atoms with Gasteiger partial charge >= 0.3 is 6.09 Å². The Bertz CT molecular complexity index is 1740. The van der Waals surface area contributed by atoms with E-state index in [-0.39, 0.29) is 11.1 Å². The van der Waals surface area contributed by atoms with Crippen LogP contribution < -0.4 is 10.2 Å². The second kappa shape index (κ2) is 13.5. The van der Waals surface area contributed by atoms with Crippen molar-refractivity contribution in [2.45, 2.75) is 97.2 Å². The first kappa shape index (κ1) is 36.4. The fourth-order valence-electron chi connectivity index (χ4n) is 5.93. The van der Waals surface area contributed by atoms with Crippen LogP contribution in [0, 0.1) is 18.3 Å². The van der Waals surface area contributed by atoms with Crippen molar-refractivity contribution in [3.05, 3.63) is 47.3 Å². The molecular formula is C36H52N8O4Si. The van der Waals surface area contributed by atoms with Crippen LogP contribution in [0.3, 0.4) is 0 Å². The van der Waals surface area contributed by atoms with Crippen LogP contribution in [0.25, 0.3) is 11.3 Å². The van der Waals surface area contributed by atoms with E-state index in [1.807, 2.05) is 50.6 Å². The smallest absolute Gasteiger partial charge is 0.414 e. The zero-order valence-electron chi connectivity index (χ0n) is 31.0. The number of carbonyl (C=O) groups excluding carboxylic acids is 1. The number of nitriles is 1. The number of hydrogen-bond acceptors (Lipinski definition) is 10. The lowest BCUT2D eigenvalue weighted by Gasteiger charge is -2.39. The summed E-state index contributed by atoms with van der Waals surface area (Å²) in [7, 11) is -0.0437. The Kier molecular flexibility index (Phi) is 10.0. The van der Waals surface area contributed by atoms with Gasteiger partial charge in [0, 0.05) is 49.5 Å². The number of aromatic nitrogens is 4. The summed E-state index contributed by atoms with van der Waals surface area (Å²) in [6.45, 7) is 24.4. The van der Waals surface area contributed by atoms with Crippen LogP contribution in [0.1, 0.15) is 65.3 Å². The average Bonchev–Trinajstić information content (AvgIpc) is 3.50. The van der Waals surface area contributed by atoms with E-state index in [0.717, 1.165) is 35.7 Å². The van der Waals surface area contributed by atoms with Crippen LogP contribution in [0.5, 0.6) is 0 Å². The third-order valence-electron chi connectivity index (χ3n) is 9.64. The highest BCUT2D eigenvalue weighted by Gasteiger charge is 2.47. The lowest BCUT2D eigenvalue weighted by Crippen LogP contribution is -2.46. The Morgan fingerprint density at radius 2 is 1.94 bits per heavy atom. The minimum atomic E-state index is -2.14. The van der Waals surface area contributed by atoms with E-state index < -0.39 is 25.4 Å².